The Hall–Kier alpha value is -3.81. The third-order valence-corrected chi connectivity index (χ3v) is 4.02. The van der Waals surface area contributed by atoms with Gasteiger partial charge in [0.15, 0.2) is 5.65 Å². The normalized spacial score (nSPS) is 10.9. The molecule has 2 aromatic heterocycles. The number of halogens is 1. The summed E-state index contributed by atoms with van der Waals surface area (Å²) in [6.07, 6.45) is 1.44. The van der Waals surface area contributed by atoms with Crippen molar-refractivity contribution in [3.63, 3.8) is 0 Å². The van der Waals surface area contributed by atoms with Crippen LogP contribution in [0.1, 0.15) is 16.2 Å². The fraction of sp³-hybridized carbons (Fsp3) is 0.0526. The van der Waals surface area contributed by atoms with Gasteiger partial charge in [0.1, 0.15) is 17.0 Å². The van der Waals surface area contributed by atoms with Crippen LogP contribution >= 0.6 is 0 Å². The van der Waals surface area contributed by atoms with Crippen molar-refractivity contribution in [3.8, 4) is 5.69 Å². The number of aromatic nitrogens is 4. The molecule has 8 heteroatoms. The molecule has 0 saturated heterocycles. The van der Waals surface area contributed by atoms with Crippen LogP contribution in [0.15, 0.2) is 65.6 Å². The predicted octanol–water partition coefficient (Wildman–Crippen LogP) is 2.18. The molecular formula is C19H14FN5O2. The molecule has 0 radical (unpaired) electrons. The van der Waals surface area contributed by atoms with Gasteiger partial charge in [0.2, 0.25) is 0 Å². The minimum atomic E-state index is -0.617. The first-order chi connectivity index (χ1) is 13.1. The van der Waals surface area contributed by atoms with Crippen molar-refractivity contribution in [1.82, 2.24) is 25.1 Å². The summed E-state index contributed by atoms with van der Waals surface area (Å²) in [4.78, 5) is 31.4. The fourth-order valence-corrected chi connectivity index (χ4v) is 2.71. The van der Waals surface area contributed by atoms with Crippen LogP contribution in [0.4, 0.5) is 4.39 Å². The number of carbonyl (C=O) groups is 1. The highest BCUT2D eigenvalue weighted by atomic mass is 19.1. The van der Waals surface area contributed by atoms with Crippen LogP contribution in [-0.4, -0.2) is 25.7 Å². The smallest absolute Gasteiger partial charge is 0.262 e. The first kappa shape index (κ1) is 16.6. The van der Waals surface area contributed by atoms with E-state index in [1.807, 2.05) is 30.3 Å². The number of hydrogen-bond donors (Lipinski definition) is 2. The zero-order chi connectivity index (χ0) is 18.8. The number of benzene rings is 2. The van der Waals surface area contributed by atoms with E-state index >= 15 is 0 Å². The quantitative estimate of drug-likeness (QED) is 0.581. The van der Waals surface area contributed by atoms with Crippen LogP contribution < -0.4 is 10.9 Å². The third kappa shape index (κ3) is 3.20. The molecule has 2 heterocycles. The van der Waals surface area contributed by atoms with E-state index in [0.29, 0.717) is 11.0 Å². The number of hydrogen-bond acceptors (Lipinski definition) is 4. The SMILES string of the molecule is O=C(NCc1nc2c(cnn2-c2ccccc2)c(=O)[nH]1)c1ccccc1F. The highest BCUT2D eigenvalue weighted by molar-refractivity contribution is 5.94. The van der Waals surface area contributed by atoms with E-state index in [0.717, 1.165) is 5.69 Å². The van der Waals surface area contributed by atoms with E-state index in [4.69, 9.17) is 0 Å². The molecule has 4 aromatic rings. The summed E-state index contributed by atoms with van der Waals surface area (Å²) in [6, 6.07) is 14.9. The molecule has 0 fully saturated rings. The number of H-pyrrole nitrogens is 1. The van der Waals surface area contributed by atoms with E-state index in [-0.39, 0.29) is 23.5 Å². The standard InChI is InChI=1S/C19H14FN5O2/c20-15-9-5-4-8-13(15)18(26)21-11-16-23-17-14(19(27)24-16)10-22-25(17)12-6-2-1-3-7-12/h1-10H,11H2,(H,21,26)(H,23,24,27). The van der Waals surface area contributed by atoms with Gasteiger partial charge in [0.05, 0.1) is 24.0 Å². The molecule has 7 nitrogen and oxygen atoms in total. The molecule has 1 amide bonds. The lowest BCUT2D eigenvalue weighted by atomic mass is 10.2. The topological polar surface area (TPSA) is 92.7 Å². The van der Waals surface area contributed by atoms with Gasteiger partial charge in [-0.05, 0) is 24.3 Å². The molecule has 0 atom stereocenters. The molecule has 0 aliphatic heterocycles. The van der Waals surface area contributed by atoms with Gasteiger partial charge >= 0.3 is 0 Å². The van der Waals surface area contributed by atoms with Crippen LogP contribution in [0, 0.1) is 5.82 Å². The van der Waals surface area contributed by atoms with Gasteiger partial charge in [0.25, 0.3) is 11.5 Å². The first-order valence-electron chi connectivity index (χ1n) is 8.18. The summed E-state index contributed by atoms with van der Waals surface area (Å²) in [7, 11) is 0. The van der Waals surface area contributed by atoms with Gasteiger partial charge < -0.3 is 10.3 Å². The van der Waals surface area contributed by atoms with Crippen LogP contribution in [0.25, 0.3) is 16.7 Å². The molecular weight excluding hydrogens is 349 g/mol. The number of carbonyl (C=O) groups excluding carboxylic acids is 1. The van der Waals surface area contributed by atoms with Crippen LogP contribution in [0.5, 0.6) is 0 Å². The first-order valence-corrected chi connectivity index (χ1v) is 8.18. The molecule has 0 saturated carbocycles. The van der Waals surface area contributed by atoms with Gasteiger partial charge in [-0.15, -0.1) is 0 Å². The van der Waals surface area contributed by atoms with E-state index in [1.165, 1.54) is 24.4 Å². The van der Waals surface area contributed by atoms with Crippen molar-refractivity contribution in [2.24, 2.45) is 0 Å². The largest absolute Gasteiger partial charge is 0.345 e. The number of aromatic amines is 1. The van der Waals surface area contributed by atoms with E-state index in [9.17, 15) is 14.0 Å². The van der Waals surface area contributed by atoms with Gasteiger partial charge in [-0.3, -0.25) is 9.59 Å². The summed E-state index contributed by atoms with van der Waals surface area (Å²) < 4.78 is 15.2. The van der Waals surface area contributed by atoms with E-state index in [2.05, 4.69) is 20.4 Å². The molecule has 2 aromatic carbocycles. The number of nitrogens with zero attached hydrogens (tertiary/aromatic N) is 3. The average molecular weight is 363 g/mol. The molecule has 134 valence electrons. The van der Waals surface area contributed by atoms with Crippen molar-refractivity contribution in [2.45, 2.75) is 6.54 Å². The second kappa shape index (κ2) is 6.83. The van der Waals surface area contributed by atoms with Crippen LogP contribution in [-0.2, 0) is 6.54 Å². The zero-order valence-corrected chi connectivity index (χ0v) is 14.0. The minimum absolute atomic E-state index is 0.0572. The average Bonchev–Trinajstić information content (AvgIpc) is 3.12. The van der Waals surface area contributed by atoms with E-state index in [1.54, 1.807) is 10.7 Å². The fourth-order valence-electron chi connectivity index (χ4n) is 2.71. The lowest BCUT2D eigenvalue weighted by molar-refractivity contribution is 0.0946. The molecule has 0 bridgehead atoms. The Bertz CT molecular complexity index is 1180. The summed E-state index contributed by atoms with van der Waals surface area (Å²) in [5.74, 6) is -0.962. The Morgan fingerprint density at radius 2 is 1.85 bits per heavy atom. The van der Waals surface area contributed by atoms with Gasteiger partial charge in [0, 0.05) is 0 Å². The summed E-state index contributed by atoms with van der Waals surface area (Å²) in [5, 5.41) is 7.11. The lowest BCUT2D eigenvalue weighted by Gasteiger charge is -2.07. The maximum Gasteiger partial charge on any atom is 0.262 e. The Labute approximate surface area is 152 Å². The Morgan fingerprint density at radius 3 is 2.63 bits per heavy atom. The predicted molar refractivity (Wildman–Crippen MR) is 97.1 cm³/mol. The molecule has 27 heavy (non-hydrogen) atoms. The number of nitrogens with one attached hydrogen (secondary N) is 2. The Balaban J connectivity index is 1.64. The second-order valence-corrected chi connectivity index (χ2v) is 5.80. The molecule has 0 spiro atoms. The number of rotatable bonds is 4. The Kier molecular flexibility index (Phi) is 4.21. The monoisotopic (exact) mass is 363 g/mol. The zero-order valence-electron chi connectivity index (χ0n) is 14.0. The Morgan fingerprint density at radius 1 is 1.11 bits per heavy atom. The number of fused-ring (bicyclic) bond motifs is 1. The minimum Gasteiger partial charge on any atom is -0.345 e. The van der Waals surface area contributed by atoms with Crippen LogP contribution in [0.2, 0.25) is 0 Å². The number of amides is 1. The van der Waals surface area contributed by atoms with Crippen molar-refractivity contribution >= 4 is 16.9 Å². The van der Waals surface area contributed by atoms with Crippen LogP contribution in [0.3, 0.4) is 0 Å². The highest BCUT2D eigenvalue weighted by Gasteiger charge is 2.14. The van der Waals surface area contributed by atoms with E-state index < -0.39 is 11.7 Å². The summed E-state index contributed by atoms with van der Waals surface area (Å²) in [5.41, 5.74) is 0.694. The molecule has 4 rings (SSSR count). The maximum atomic E-state index is 13.7. The van der Waals surface area contributed by atoms with Gasteiger partial charge in [-0.1, -0.05) is 30.3 Å². The third-order valence-electron chi connectivity index (χ3n) is 4.02. The summed E-state index contributed by atoms with van der Waals surface area (Å²) in [6.45, 7) is -0.0572. The summed E-state index contributed by atoms with van der Waals surface area (Å²) >= 11 is 0. The molecule has 0 aliphatic carbocycles. The molecule has 2 N–H and O–H groups in total. The van der Waals surface area contributed by atoms with Crippen molar-refractivity contribution in [2.75, 3.05) is 0 Å². The highest BCUT2D eigenvalue weighted by Crippen LogP contribution is 2.13. The van der Waals surface area contributed by atoms with Gasteiger partial charge in [-0.2, -0.15) is 5.10 Å². The second-order valence-electron chi connectivity index (χ2n) is 5.80. The molecule has 0 aliphatic rings. The van der Waals surface area contributed by atoms with Crippen molar-refractivity contribution in [1.29, 1.82) is 0 Å². The number of para-hydroxylation sites is 1. The maximum absolute atomic E-state index is 13.7. The molecule has 0 unspecified atom stereocenters. The van der Waals surface area contributed by atoms with Crippen molar-refractivity contribution in [3.05, 3.63) is 88.4 Å². The lowest BCUT2D eigenvalue weighted by Crippen LogP contribution is -2.26. The van der Waals surface area contributed by atoms with Crippen molar-refractivity contribution < 1.29 is 9.18 Å². The van der Waals surface area contributed by atoms with Gasteiger partial charge in [-0.25, -0.2) is 14.1 Å².